The van der Waals surface area contributed by atoms with Crippen molar-refractivity contribution in [3.05, 3.63) is 29.3 Å². The average molecular weight is 291 g/mol. The van der Waals surface area contributed by atoms with Gasteiger partial charge < -0.3 is 14.7 Å². The Kier molecular flexibility index (Phi) is 5.23. The van der Waals surface area contributed by atoms with E-state index in [0.29, 0.717) is 12.5 Å². The second-order valence-corrected chi connectivity index (χ2v) is 6.14. The summed E-state index contributed by atoms with van der Waals surface area (Å²) < 4.78 is 5.61. The van der Waals surface area contributed by atoms with Crippen molar-refractivity contribution in [3.8, 4) is 5.75 Å². The summed E-state index contributed by atoms with van der Waals surface area (Å²) in [5, 5.41) is 9.11. The SMILES string of the molecule is Cc1cc(OCC(=O)N2CCC(CO)C2)ccc1C(C)C. The molecule has 1 unspecified atom stereocenters. The Balaban J connectivity index is 1.88. The molecule has 1 aliphatic rings. The minimum absolute atomic E-state index is 0.00320. The van der Waals surface area contributed by atoms with Gasteiger partial charge in [0.2, 0.25) is 0 Å². The van der Waals surface area contributed by atoms with Gasteiger partial charge in [-0.15, -0.1) is 0 Å². The van der Waals surface area contributed by atoms with Crippen molar-refractivity contribution in [1.82, 2.24) is 4.90 Å². The second kappa shape index (κ2) is 6.94. The Morgan fingerprint density at radius 2 is 2.24 bits per heavy atom. The van der Waals surface area contributed by atoms with E-state index >= 15 is 0 Å². The van der Waals surface area contributed by atoms with Crippen molar-refractivity contribution >= 4 is 5.91 Å². The monoisotopic (exact) mass is 291 g/mol. The number of hydrogen-bond acceptors (Lipinski definition) is 3. The zero-order chi connectivity index (χ0) is 15.4. The first-order chi connectivity index (χ1) is 10.0. The highest BCUT2D eigenvalue weighted by Crippen LogP contribution is 2.23. The molecule has 4 heteroatoms. The Hall–Kier alpha value is -1.55. The lowest BCUT2D eigenvalue weighted by Crippen LogP contribution is -2.33. The van der Waals surface area contributed by atoms with Crippen LogP contribution in [-0.4, -0.2) is 42.2 Å². The summed E-state index contributed by atoms with van der Waals surface area (Å²) in [6, 6.07) is 5.98. The summed E-state index contributed by atoms with van der Waals surface area (Å²) in [5.74, 6) is 1.45. The minimum atomic E-state index is -0.00320. The topological polar surface area (TPSA) is 49.8 Å². The molecule has 0 saturated carbocycles. The molecule has 116 valence electrons. The zero-order valence-corrected chi connectivity index (χ0v) is 13.1. The third-order valence-electron chi connectivity index (χ3n) is 4.12. The van der Waals surface area contributed by atoms with Crippen LogP contribution in [0.2, 0.25) is 0 Å². The van der Waals surface area contributed by atoms with Crippen LogP contribution in [0.15, 0.2) is 18.2 Å². The molecule has 1 amide bonds. The molecule has 1 aromatic carbocycles. The maximum Gasteiger partial charge on any atom is 0.260 e. The Morgan fingerprint density at radius 3 is 2.81 bits per heavy atom. The highest BCUT2D eigenvalue weighted by Gasteiger charge is 2.25. The van der Waals surface area contributed by atoms with Crippen molar-refractivity contribution in [1.29, 1.82) is 0 Å². The van der Waals surface area contributed by atoms with Crippen LogP contribution in [0.3, 0.4) is 0 Å². The predicted octanol–water partition coefficient (Wildman–Crippen LogP) is 2.34. The van der Waals surface area contributed by atoms with Crippen LogP contribution in [0, 0.1) is 12.8 Å². The van der Waals surface area contributed by atoms with Gasteiger partial charge >= 0.3 is 0 Å². The van der Waals surface area contributed by atoms with Crippen LogP contribution in [0.4, 0.5) is 0 Å². The molecule has 1 aromatic rings. The van der Waals surface area contributed by atoms with E-state index in [-0.39, 0.29) is 25.0 Å². The van der Waals surface area contributed by atoms with Gasteiger partial charge in [-0.2, -0.15) is 0 Å². The first kappa shape index (κ1) is 15.8. The number of amides is 1. The van der Waals surface area contributed by atoms with Crippen LogP contribution in [0.25, 0.3) is 0 Å². The third kappa shape index (κ3) is 3.97. The zero-order valence-electron chi connectivity index (χ0n) is 13.1. The molecule has 2 rings (SSSR count). The molecular weight excluding hydrogens is 266 g/mol. The standard InChI is InChI=1S/C17H25NO3/c1-12(2)16-5-4-15(8-13(16)3)21-11-17(20)18-7-6-14(9-18)10-19/h4-5,8,12,14,19H,6-7,9-11H2,1-3H3. The number of aryl methyl sites for hydroxylation is 1. The number of nitrogens with zero attached hydrogens (tertiary/aromatic N) is 1. The van der Waals surface area contributed by atoms with Gasteiger partial charge in [-0.05, 0) is 42.5 Å². The molecular formula is C17H25NO3. The normalized spacial score (nSPS) is 18.3. The van der Waals surface area contributed by atoms with Gasteiger partial charge in [0, 0.05) is 25.6 Å². The van der Waals surface area contributed by atoms with E-state index in [4.69, 9.17) is 9.84 Å². The maximum absolute atomic E-state index is 12.1. The van der Waals surface area contributed by atoms with Crippen LogP contribution < -0.4 is 4.74 Å². The van der Waals surface area contributed by atoms with E-state index < -0.39 is 0 Å². The van der Waals surface area contributed by atoms with E-state index in [0.717, 1.165) is 18.7 Å². The number of ether oxygens (including phenoxy) is 1. The van der Waals surface area contributed by atoms with Crippen molar-refractivity contribution in [2.75, 3.05) is 26.3 Å². The number of benzene rings is 1. The van der Waals surface area contributed by atoms with Crippen LogP contribution in [0.5, 0.6) is 5.75 Å². The lowest BCUT2D eigenvalue weighted by Gasteiger charge is -2.17. The van der Waals surface area contributed by atoms with Crippen molar-refractivity contribution in [2.24, 2.45) is 5.92 Å². The first-order valence-electron chi connectivity index (χ1n) is 7.63. The van der Waals surface area contributed by atoms with Gasteiger partial charge in [0.1, 0.15) is 5.75 Å². The number of carbonyl (C=O) groups is 1. The predicted molar refractivity (Wildman–Crippen MR) is 82.5 cm³/mol. The van der Waals surface area contributed by atoms with Gasteiger partial charge in [-0.3, -0.25) is 4.79 Å². The molecule has 1 atom stereocenters. The third-order valence-corrected chi connectivity index (χ3v) is 4.12. The number of rotatable bonds is 5. The fourth-order valence-corrected chi connectivity index (χ4v) is 2.83. The summed E-state index contributed by atoms with van der Waals surface area (Å²) >= 11 is 0. The minimum Gasteiger partial charge on any atom is -0.484 e. The molecule has 0 aliphatic carbocycles. The fourth-order valence-electron chi connectivity index (χ4n) is 2.83. The Morgan fingerprint density at radius 1 is 1.48 bits per heavy atom. The Bertz CT molecular complexity index is 499. The first-order valence-corrected chi connectivity index (χ1v) is 7.63. The smallest absolute Gasteiger partial charge is 0.260 e. The van der Waals surface area contributed by atoms with Gasteiger partial charge in [0.05, 0.1) is 0 Å². The highest BCUT2D eigenvalue weighted by atomic mass is 16.5. The van der Waals surface area contributed by atoms with Crippen molar-refractivity contribution < 1.29 is 14.6 Å². The summed E-state index contributed by atoms with van der Waals surface area (Å²) in [5.41, 5.74) is 2.50. The molecule has 0 aromatic heterocycles. The molecule has 4 nitrogen and oxygen atoms in total. The molecule has 0 spiro atoms. The number of hydrogen-bond donors (Lipinski definition) is 1. The van der Waals surface area contributed by atoms with Gasteiger partial charge in [-0.1, -0.05) is 19.9 Å². The average Bonchev–Trinajstić information content (AvgIpc) is 2.93. The summed E-state index contributed by atoms with van der Waals surface area (Å²) in [4.78, 5) is 13.8. The maximum atomic E-state index is 12.1. The lowest BCUT2D eigenvalue weighted by atomic mass is 9.98. The molecule has 1 heterocycles. The molecule has 0 bridgehead atoms. The van der Waals surface area contributed by atoms with Crippen LogP contribution in [0.1, 0.15) is 37.3 Å². The van der Waals surface area contributed by atoms with Gasteiger partial charge in [-0.25, -0.2) is 0 Å². The molecule has 1 aliphatic heterocycles. The largest absolute Gasteiger partial charge is 0.484 e. The molecule has 1 N–H and O–H groups in total. The van der Waals surface area contributed by atoms with E-state index in [1.165, 1.54) is 11.1 Å². The van der Waals surface area contributed by atoms with E-state index in [1.807, 2.05) is 12.1 Å². The molecule has 21 heavy (non-hydrogen) atoms. The molecule has 0 radical (unpaired) electrons. The molecule has 1 saturated heterocycles. The number of likely N-dealkylation sites (tertiary alicyclic amines) is 1. The summed E-state index contributed by atoms with van der Waals surface area (Å²) in [6.07, 6.45) is 0.879. The van der Waals surface area contributed by atoms with Crippen LogP contribution >= 0.6 is 0 Å². The van der Waals surface area contributed by atoms with Crippen LogP contribution in [-0.2, 0) is 4.79 Å². The number of carbonyl (C=O) groups excluding carboxylic acids is 1. The highest BCUT2D eigenvalue weighted by molar-refractivity contribution is 5.78. The van der Waals surface area contributed by atoms with Crippen molar-refractivity contribution in [3.63, 3.8) is 0 Å². The van der Waals surface area contributed by atoms with E-state index in [2.05, 4.69) is 26.8 Å². The quantitative estimate of drug-likeness (QED) is 0.906. The van der Waals surface area contributed by atoms with Gasteiger partial charge in [0.15, 0.2) is 6.61 Å². The summed E-state index contributed by atoms with van der Waals surface area (Å²) in [6.45, 7) is 7.98. The van der Waals surface area contributed by atoms with Gasteiger partial charge in [0.25, 0.3) is 5.91 Å². The fraction of sp³-hybridized carbons (Fsp3) is 0.588. The Labute approximate surface area is 126 Å². The van der Waals surface area contributed by atoms with Crippen molar-refractivity contribution in [2.45, 2.75) is 33.1 Å². The lowest BCUT2D eigenvalue weighted by molar-refractivity contribution is -0.132. The van der Waals surface area contributed by atoms with E-state index in [9.17, 15) is 4.79 Å². The van der Waals surface area contributed by atoms with E-state index in [1.54, 1.807) is 4.90 Å². The number of aliphatic hydroxyl groups is 1. The summed E-state index contributed by atoms with van der Waals surface area (Å²) in [7, 11) is 0. The molecule has 1 fully saturated rings. The second-order valence-electron chi connectivity index (χ2n) is 6.14. The number of aliphatic hydroxyl groups excluding tert-OH is 1.